The highest BCUT2D eigenvalue weighted by Crippen LogP contribution is 2.43. The van der Waals surface area contributed by atoms with Crippen LogP contribution in [0.15, 0.2) is 48.5 Å². The summed E-state index contributed by atoms with van der Waals surface area (Å²) in [5, 5.41) is 12.2. The highest BCUT2D eigenvalue weighted by molar-refractivity contribution is 5.99. The lowest BCUT2D eigenvalue weighted by molar-refractivity contribution is -0.121. The summed E-state index contributed by atoms with van der Waals surface area (Å²) in [5.41, 5.74) is 0.276. The average molecular weight is 299 g/mol. The van der Waals surface area contributed by atoms with Crippen molar-refractivity contribution < 1.29 is 14.3 Å². The molecule has 1 amide bonds. The summed E-state index contributed by atoms with van der Waals surface area (Å²) in [6.07, 6.45) is 3.13. The summed E-state index contributed by atoms with van der Waals surface area (Å²) in [7, 11) is 0. The number of amides is 1. The minimum atomic E-state index is -0.802. The predicted octanol–water partition coefficient (Wildman–Crippen LogP) is 3.98. The van der Waals surface area contributed by atoms with Crippen molar-refractivity contribution in [2.45, 2.75) is 31.1 Å². The maximum atomic E-state index is 14.2. The maximum absolute atomic E-state index is 14.2. The Morgan fingerprint density at radius 1 is 1.05 bits per heavy atom. The van der Waals surface area contributed by atoms with Crippen molar-refractivity contribution in [3.8, 4) is 5.75 Å². The largest absolute Gasteiger partial charge is 0.508 e. The van der Waals surface area contributed by atoms with E-state index in [1.54, 1.807) is 30.3 Å². The molecule has 2 aromatic rings. The number of hydrogen-bond donors (Lipinski definition) is 2. The molecule has 0 aromatic heterocycles. The molecule has 1 saturated carbocycles. The Bertz CT molecular complexity index is 676. The van der Waals surface area contributed by atoms with E-state index in [4.69, 9.17) is 0 Å². The molecule has 0 bridgehead atoms. The lowest BCUT2D eigenvalue weighted by Gasteiger charge is -2.28. The molecule has 0 radical (unpaired) electrons. The van der Waals surface area contributed by atoms with Gasteiger partial charge in [0.1, 0.15) is 11.6 Å². The van der Waals surface area contributed by atoms with E-state index in [0.717, 1.165) is 12.8 Å². The fourth-order valence-corrected chi connectivity index (χ4v) is 3.24. The highest BCUT2D eigenvalue weighted by atomic mass is 19.1. The van der Waals surface area contributed by atoms with Crippen molar-refractivity contribution in [1.29, 1.82) is 0 Å². The van der Waals surface area contributed by atoms with Gasteiger partial charge < -0.3 is 10.4 Å². The number of benzene rings is 2. The SMILES string of the molecule is O=C(Nc1ccc(O)cc1)C1(c2ccccc2F)CCCC1. The van der Waals surface area contributed by atoms with Crippen molar-refractivity contribution in [3.05, 3.63) is 59.9 Å². The van der Waals surface area contributed by atoms with Crippen LogP contribution in [-0.4, -0.2) is 11.0 Å². The van der Waals surface area contributed by atoms with Crippen LogP contribution in [0.25, 0.3) is 0 Å². The molecule has 3 rings (SSSR count). The van der Waals surface area contributed by atoms with Gasteiger partial charge in [-0.05, 0) is 43.2 Å². The van der Waals surface area contributed by atoms with E-state index in [2.05, 4.69) is 5.32 Å². The van der Waals surface area contributed by atoms with Gasteiger partial charge in [0.25, 0.3) is 0 Å². The number of phenols is 1. The Balaban J connectivity index is 1.92. The summed E-state index contributed by atoms with van der Waals surface area (Å²) in [6.45, 7) is 0. The molecule has 1 fully saturated rings. The van der Waals surface area contributed by atoms with Gasteiger partial charge >= 0.3 is 0 Å². The highest BCUT2D eigenvalue weighted by Gasteiger charge is 2.44. The molecule has 3 nitrogen and oxygen atoms in total. The van der Waals surface area contributed by atoms with Crippen LogP contribution in [0.5, 0.6) is 5.75 Å². The van der Waals surface area contributed by atoms with Crippen LogP contribution < -0.4 is 5.32 Å². The standard InChI is InChI=1S/C18H18FNO2/c19-16-6-2-1-5-15(16)18(11-3-4-12-18)17(22)20-13-7-9-14(21)10-8-13/h1-2,5-10,21H,3-4,11-12H2,(H,20,22). The molecule has 114 valence electrons. The molecule has 0 spiro atoms. The second kappa shape index (κ2) is 5.79. The zero-order chi connectivity index (χ0) is 15.6. The number of nitrogens with one attached hydrogen (secondary N) is 1. The smallest absolute Gasteiger partial charge is 0.235 e. The van der Waals surface area contributed by atoms with Gasteiger partial charge in [0.2, 0.25) is 5.91 Å². The molecule has 1 aliphatic carbocycles. The number of carbonyl (C=O) groups is 1. The monoisotopic (exact) mass is 299 g/mol. The van der Waals surface area contributed by atoms with Gasteiger partial charge in [-0.25, -0.2) is 4.39 Å². The van der Waals surface area contributed by atoms with Crippen molar-refractivity contribution in [2.24, 2.45) is 0 Å². The molecule has 2 N–H and O–H groups in total. The number of anilines is 1. The third kappa shape index (κ3) is 2.56. The fraction of sp³-hybridized carbons (Fsp3) is 0.278. The third-order valence-electron chi connectivity index (χ3n) is 4.41. The summed E-state index contributed by atoms with van der Waals surface area (Å²) in [4.78, 5) is 12.8. The van der Waals surface area contributed by atoms with E-state index in [1.165, 1.54) is 18.2 Å². The molecule has 22 heavy (non-hydrogen) atoms. The van der Waals surface area contributed by atoms with Gasteiger partial charge in [-0.1, -0.05) is 31.0 Å². The predicted molar refractivity (Wildman–Crippen MR) is 83.3 cm³/mol. The molecule has 1 aliphatic rings. The number of aromatic hydroxyl groups is 1. The Labute approximate surface area is 128 Å². The number of rotatable bonds is 3. The molecule has 4 heteroatoms. The van der Waals surface area contributed by atoms with Crippen LogP contribution in [0.2, 0.25) is 0 Å². The van der Waals surface area contributed by atoms with Gasteiger partial charge in [0, 0.05) is 11.3 Å². The third-order valence-corrected chi connectivity index (χ3v) is 4.41. The Hall–Kier alpha value is -2.36. The Kier molecular flexibility index (Phi) is 3.84. The van der Waals surface area contributed by atoms with Crippen molar-refractivity contribution in [1.82, 2.24) is 0 Å². The van der Waals surface area contributed by atoms with Gasteiger partial charge in [-0.3, -0.25) is 4.79 Å². The lowest BCUT2D eigenvalue weighted by Crippen LogP contribution is -2.38. The fourth-order valence-electron chi connectivity index (χ4n) is 3.24. The minimum Gasteiger partial charge on any atom is -0.508 e. The van der Waals surface area contributed by atoms with E-state index in [0.29, 0.717) is 24.1 Å². The molecular weight excluding hydrogens is 281 g/mol. The first-order chi connectivity index (χ1) is 10.6. The second-order valence-electron chi connectivity index (χ2n) is 5.77. The maximum Gasteiger partial charge on any atom is 0.235 e. The molecule has 0 aliphatic heterocycles. The molecule has 2 aromatic carbocycles. The number of hydrogen-bond acceptors (Lipinski definition) is 2. The van der Waals surface area contributed by atoms with E-state index >= 15 is 0 Å². The first-order valence-electron chi connectivity index (χ1n) is 7.47. The number of halogens is 1. The molecule has 0 unspecified atom stereocenters. The van der Waals surface area contributed by atoms with E-state index in [1.807, 2.05) is 0 Å². The van der Waals surface area contributed by atoms with E-state index < -0.39 is 5.41 Å². The van der Waals surface area contributed by atoms with Crippen LogP contribution in [-0.2, 0) is 10.2 Å². The van der Waals surface area contributed by atoms with Gasteiger partial charge in [0.05, 0.1) is 5.41 Å². The quantitative estimate of drug-likeness (QED) is 0.842. The van der Waals surface area contributed by atoms with E-state index in [-0.39, 0.29) is 17.5 Å². The molecule has 0 atom stereocenters. The van der Waals surface area contributed by atoms with E-state index in [9.17, 15) is 14.3 Å². The number of carbonyl (C=O) groups excluding carboxylic acids is 1. The zero-order valence-corrected chi connectivity index (χ0v) is 12.2. The lowest BCUT2D eigenvalue weighted by atomic mass is 9.77. The minimum absolute atomic E-state index is 0.141. The Morgan fingerprint density at radius 3 is 2.32 bits per heavy atom. The first-order valence-corrected chi connectivity index (χ1v) is 7.47. The van der Waals surface area contributed by atoms with Crippen molar-refractivity contribution in [2.75, 3.05) is 5.32 Å². The first kappa shape index (κ1) is 14.6. The normalized spacial score (nSPS) is 16.4. The summed E-state index contributed by atoms with van der Waals surface area (Å²) < 4.78 is 14.2. The second-order valence-corrected chi connectivity index (χ2v) is 5.77. The molecule has 0 saturated heterocycles. The van der Waals surface area contributed by atoms with Crippen LogP contribution in [0, 0.1) is 5.82 Å². The number of phenolic OH excluding ortho intramolecular Hbond substituents is 1. The topological polar surface area (TPSA) is 49.3 Å². The summed E-state index contributed by atoms with van der Waals surface area (Å²) in [5.74, 6) is -0.367. The van der Waals surface area contributed by atoms with Crippen LogP contribution in [0.4, 0.5) is 10.1 Å². The van der Waals surface area contributed by atoms with Crippen LogP contribution in [0.3, 0.4) is 0 Å². The molecular formula is C18H18FNO2. The van der Waals surface area contributed by atoms with Gasteiger partial charge in [0.15, 0.2) is 0 Å². The van der Waals surface area contributed by atoms with Gasteiger partial charge in [-0.15, -0.1) is 0 Å². The van der Waals surface area contributed by atoms with Crippen LogP contribution >= 0.6 is 0 Å². The van der Waals surface area contributed by atoms with Crippen molar-refractivity contribution in [3.63, 3.8) is 0 Å². The summed E-state index contributed by atoms with van der Waals surface area (Å²) in [6, 6.07) is 12.8. The van der Waals surface area contributed by atoms with Gasteiger partial charge in [-0.2, -0.15) is 0 Å². The average Bonchev–Trinajstić information content (AvgIpc) is 3.01. The summed E-state index contributed by atoms with van der Waals surface area (Å²) >= 11 is 0. The molecule has 0 heterocycles. The Morgan fingerprint density at radius 2 is 1.68 bits per heavy atom. The van der Waals surface area contributed by atoms with Crippen LogP contribution in [0.1, 0.15) is 31.2 Å². The zero-order valence-electron chi connectivity index (χ0n) is 12.2. The van der Waals surface area contributed by atoms with Crippen molar-refractivity contribution >= 4 is 11.6 Å².